The molecule has 0 saturated heterocycles. The van der Waals surface area contributed by atoms with Crippen LogP contribution in [0.25, 0.3) is 0 Å². The third kappa shape index (κ3) is 2.88. The molecule has 0 heterocycles. The minimum atomic E-state index is -1.33. The second-order valence-electron chi connectivity index (χ2n) is 4.02. The van der Waals surface area contributed by atoms with Gasteiger partial charge in [0.2, 0.25) is 0 Å². The molecule has 0 saturated carbocycles. The summed E-state index contributed by atoms with van der Waals surface area (Å²) in [5, 5.41) is 11.1. The summed E-state index contributed by atoms with van der Waals surface area (Å²) in [5.74, 6) is -4.13. The molecule has 0 radical (unpaired) electrons. The van der Waals surface area contributed by atoms with Crippen molar-refractivity contribution in [2.24, 2.45) is 0 Å². The van der Waals surface area contributed by atoms with Gasteiger partial charge in [0.05, 0.1) is 17.3 Å². The molecule has 0 spiro atoms. The minimum Gasteiger partial charge on any atom is -0.378 e. The summed E-state index contributed by atoms with van der Waals surface area (Å²) >= 11 is 0. The van der Waals surface area contributed by atoms with Crippen LogP contribution in [-0.4, -0.2) is 0 Å². The summed E-state index contributed by atoms with van der Waals surface area (Å²) in [5.41, 5.74) is -0.0912. The van der Waals surface area contributed by atoms with Crippen LogP contribution in [0.2, 0.25) is 0 Å². The zero-order chi connectivity index (χ0) is 14.7. The number of hydrogen-bond acceptors (Lipinski definition) is 2. The van der Waals surface area contributed by atoms with Crippen LogP contribution < -0.4 is 5.32 Å². The number of rotatable bonds is 3. The molecule has 0 atom stereocenters. The van der Waals surface area contributed by atoms with E-state index in [0.717, 1.165) is 12.1 Å². The number of hydrogen-bond donors (Lipinski definition) is 1. The number of nitrogens with zero attached hydrogens (tertiary/aromatic N) is 1. The van der Waals surface area contributed by atoms with E-state index in [9.17, 15) is 17.6 Å². The smallest absolute Gasteiger partial charge is 0.182 e. The van der Waals surface area contributed by atoms with Crippen LogP contribution in [0.1, 0.15) is 11.1 Å². The molecule has 0 aromatic heterocycles. The van der Waals surface area contributed by atoms with Crippen molar-refractivity contribution in [1.29, 1.82) is 5.26 Å². The van der Waals surface area contributed by atoms with Gasteiger partial charge in [0.25, 0.3) is 0 Å². The predicted molar refractivity (Wildman–Crippen MR) is 64.8 cm³/mol. The maximum Gasteiger partial charge on any atom is 0.182 e. The summed E-state index contributed by atoms with van der Waals surface area (Å²) in [4.78, 5) is 0. The van der Waals surface area contributed by atoms with Crippen molar-refractivity contribution in [2.75, 3.05) is 5.32 Å². The van der Waals surface area contributed by atoms with E-state index in [2.05, 4.69) is 5.32 Å². The molecule has 102 valence electrons. The van der Waals surface area contributed by atoms with Crippen LogP contribution in [0.3, 0.4) is 0 Å². The molecule has 20 heavy (non-hydrogen) atoms. The highest BCUT2D eigenvalue weighted by Crippen LogP contribution is 2.20. The highest BCUT2D eigenvalue weighted by molar-refractivity contribution is 5.46. The Labute approximate surface area is 112 Å². The Morgan fingerprint density at radius 3 is 2.45 bits per heavy atom. The second kappa shape index (κ2) is 5.61. The normalized spacial score (nSPS) is 10.2. The van der Waals surface area contributed by atoms with Gasteiger partial charge in [-0.3, -0.25) is 0 Å². The van der Waals surface area contributed by atoms with Gasteiger partial charge in [0.1, 0.15) is 11.6 Å². The number of benzene rings is 2. The van der Waals surface area contributed by atoms with E-state index in [-0.39, 0.29) is 17.7 Å². The zero-order valence-corrected chi connectivity index (χ0v) is 10.1. The molecular weight excluding hydrogens is 272 g/mol. The molecule has 0 unspecified atom stereocenters. The van der Waals surface area contributed by atoms with Crippen LogP contribution in [0, 0.1) is 34.6 Å². The lowest BCUT2D eigenvalue weighted by atomic mass is 10.1. The van der Waals surface area contributed by atoms with Crippen molar-refractivity contribution >= 4 is 5.69 Å². The minimum absolute atomic E-state index is 0.0909. The van der Waals surface area contributed by atoms with Crippen molar-refractivity contribution in [2.45, 2.75) is 6.54 Å². The van der Waals surface area contributed by atoms with Crippen molar-refractivity contribution in [1.82, 2.24) is 0 Å². The standard InChI is InChI=1S/C14H8F4N2/c15-10-4-12(17)14(18)13(5-10)20-7-9-3-8(6-19)1-2-11(9)16/h1-5,20H,7H2. The molecule has 2 aromatic carbocycles. The molecule has 0 aliphatic rings. The highest BCUT2D eigenvalue weighted by atomic mass is 19.2. The average molecular weight is 280 g/mol. The quantitative estimate of drug-likeness (QED) is 0.687. The maximum absolute atomic E-state index is 13.5. The van der Waals surface area contributed by atoms with E-state index < -0.39 is 29.0 Å². The Morgan fingerprint density at radius 2 is 1.75 bits per heavy atom. The fourth-order valence-electron chi connectivity index (χ4n) is 1.65. The van der Waals surface area contributed by atoms with E-state index in [1.807, 2.05) is 6.07 Å². The summed E-state index contributed by atoms with van der Waals surface area (Å²) in [6.45, 7) is -0.207. The van der Waals surface area contributed by atoms with Crippen LogP contribution in [0.15, 0.2) is 30.3 Å². The number of nitrogens with one attached hydrogen (secondary N) is 1. The molecule has 2 nitrogen and oxygen atoms in total. The van der Waals surface area contributed by atoms with E-state index in [1.54, 1.807) is 0 Å². The Balaban J connectivity index is 2.23. The van der Waals surface area contributed by atoms with Crippen molar-refractivity contribution in [3.05, 3.63) is 64.7 Å². The molecule has 1 N–H and O–H groups in total. The molecule has 2 rings (SSSR count). The van der Waals surface area contributed by atoms with Gasteiger partial charge >= 0.3 is 0 Å². The topological polar surface area (TPSA) is 35.8 Å². The highest BCUT2D eigenvalue weighted by Gasteiger charge is 2.11. The van der Waals surface area contributed by atoms with E-state index in [0.29, 0.717) is 6.07 Å². The summed E-state index contributed by atoms with van der Waals surface area (Å²) in [6.07, 6.45) is 0. The maximum atomic E-state index is 13.5. The molecule has 0 aliphatic carbocycles. The van der Waals surface area contributed by atoms with Crippen molar-refractivity contribution < 1.29 is 17.6 Å². The van der Waals surface area contributed by atoms with Gasteiger partial charge in [-0.1, -0.05) is 0 Å². The Morgan fingerprint density at radius 1 is 1.00 bits per heavy atom. The first-order valence-electron chi connectivity index (χ1n) is 5.58. The third-order valence-electron chi connectivity index (χ3n) is 2.64. The SMILES string of the molecule is N#Cc1ccc(F)c(CNc2cc(F)cc(F)c2F)c1. The molecule has 0 fully saturated rings. The number of anilines is 1. The first kappa shape index (κ1) is 13.9. The van der Waals surface area contributed by atoms with E-state index in [1.165, 1.54) is 12.1 Å². The average Bonchev–Trinajstić information content (AvgIpc) is 2.42. The van der Waals surface area contributed by atoms with Gasteiger partial charge in [-0.05, 0) is 18.2 Å². The van der Waals surface area contributed by atoms with Gasteiger partial charge < -0.3 is 5.32 Å². The summed E-state index contributed by atoms with van der Waals surface area (Å²) in [7, 11) is 0. The predicted octanol–water partition coefficient (Wildman–Crippen LogP) is 3.73. The van der Waals surface area contributed by atoms with Crippen LogP contribution in [-0.2, 0) is 6.54 Å². The molecule has 0 aliphatic heterocycles. The largest absolute Gasteiger partial charge is 0.378 e. The van der Waals surface area contributed by atoms with Gasteiger partial charge in [0, 0.05) is 24.2 Å². The monoisotopic (exact) mass is 280 g/mol. The lowest BCUT2D eigenvalue weighted by molar-refractivity contribution is 0.497. The number of halogens is 4. The van der Waals surface area contributed by atoms with Gasteiger partial charge in [0.15, 0.2) is 11.6 Å². The fourth-order valence-corrected chi connectivity index (χ4v) is 1.65. The lowest BCUT2D eigenvalue weighted by Gasteiger charge is -2.09. The zero-order valence-electron chi connectivity index (χ0n) is 10.1. The van der Waals surface area contributed by atoms with E-state index in [4.69, 9.17) is 5.26 Å². The fraction of sp³-hybridized carbons (Fsp3) is 0.0714. The van der Waals surface area contributed by atoms with Gasteiger partial charge in [-0.2, -0.15) is 5.26 Å². The van der Waals surface area contributed by atoms with Crippen molar-refractivity contribution in [3.63, 3.8) is 0 Å². The number of nitriles is 1. The van der Waals surface area contributed by atoms with E-state index >= 15 is 0 Å². The van der Waals surface area contributed by atoms with Crippen LogP contribution in [0.5, 0.6) is 0 Å². The van der Waals surface area contributed by atoms with Crippen LogP contribution in [0.4, 0.5) is 23.2 Å². The first-order valence-corrected chi connectivity index (χ1v) is 5.58. The lowest BCUT2D eigenvalue weighted by Crippen LogP contribution is -2.05. The molecule has 6 heteroatoms. The third-order valence-corrected chi connectivity index (χ3v) is 2.64. The molecular formula is C14H8F4N2. The second-order valence-corrected chi connectivity index (χ2v) is 4.02. The Hall–Kier alpha value is -2.55. The molecule has 0 bridgehead atoms. The van der Waals surface area contributed by atoms with Gasteiger partial charge in [-0.25, -0.2) is 17.6 Å². The van der Waals surface area contributed by atoms with Crippen molar-refractivity contribution in [3.8, 4) is 6.07 Å². The first-order chi connectivity index (χ1) is 9.51. The Kier molecular flexibility index (Phi) is 3.89. The summed E-state index contributed by atoms with van der Waals surface area (Å²) in [6, 6.07) is 6.68. The van der Waals surface area contributed by atoms with Crippen LogP contribution >= 0.6 is 0 Å². The van der Waals surface area contributed by atoms with Gasteiger partial charge in [-0.15, -0.1) is 0 Å². The molecule has 2 aromatic rings. The molecule has 0 amide bonds. The summed E-state index contributed by atoms with van der Waals surface area (Å²) < 4.78 is 52.8. The Bertz CT molecular complexity index is 692.